The second-order valence-corrected chi connectivity index (χ2v) is 11.7. The van der Waals surface area contributed by atoms with E-state index < -0.39 is 16.6 Å². The van der Waals surface area contributed by atoms with Crippen LogP contribution in [-0.4, -0.2) is 16.6 Å². The fourth-order valence-corrected chi connectivity index (χ4v) is 6.78. The van der Waals surface area contributed by atoms with Crippen LogP contribution in [0.3, 0.4) is 0 Å². The van der Waals surface area contributed by atoms with Crippen molar-refractivity contribution in [2.45, 2.75) is 26.2 Å². The van der Waals surface area contributed by atoms with Crippen molar-refractivity contribution in [3.05, 3.63) is 39.4 Å². The largest absolute Gasteiger partial charge is 0.520 e. The van der Waals surface area contributed by atoms with Crippen LogP contribution in [0.15, 0.2) is 18.0 Å². The van der Waals surface area contributed by atoms with Crippen molar-refractivity contribution >= 4 is 16.6 Å². The molecule has 0 fully saturated rings. The topological polar surface area (TPSA) is 9.23 Å². The van der Waals surface area contributed by atoms with Crippen molar-refractivity contribution in [2.24, 2.45) is 0 Å². The van der Waals surface area contributed by atoms with Crippen LogP contribution in [0, 0.1) is 21.4 Å². The third-order valence-corrected chi connectivity index (χ3v) is 7.41. The molecular weight excluding hydrogens is 387 g/mol. The van der Waals surface area contributed by atoms with Gasteiger partial charge in [0.1, 0.15) is 0 Å². The van der Waals surface area contributed by atoms with E-state index in [-0.39, 0.29) is 35.9 Å². The molecule has 90 valence electrons. The minimum atomic E-state index is -1.69. The number of rotatable bonds is 4. The van der Waals surface area contributed by atoms with Gasteiger partial charge in [-0.3, -0.25) is 5.70 Å². The van der Waals surface area contributed by atoms with E-state index in [1.165, 1.54) is 0 Å². The first-order valence-corrected chi connectivity index (χ1v) is 9.70. The summed E-state index contributed by atoms with van der Waals surface area (Å²) in [6.07, 6.45) is 0. The molecule has 0 saturated carbocycles. The maximum atomic E-state index is 5.90. The maximum Gasteiger partial charge on any atom is 0.198 e. The number of hydrogen-bond donors (Lipinski definition) is 0. The van der Waals surface area contributed by atoms with Gasteiger partial charge in [-0.25, -0.2) is 0 Å². The predicted octanol–water partition coefficient (Wildman–Crippen LogP) is 3.56. The minimum absolute atomic E-state index is 0. The summed E-state index contributed by atoms with van der Waals surface area (Å²) >= 11 is 0. The molecule has 0 radical (unpaired) electrons. The molecule has 0 N–H and O–H groups in total. The Morgan fingerprint density at radius 2 is 1.43 bits per heavy atom. The third-order valence-electron chi connectivity index (χ3n) is 1.42. The molecule has 0 bridgehead atoms. The first kappa shape index (κ1) is 24.0. The van der Waals surface area contributed by atoms with Crippen molar-refractivity contribution in [3.63, 3.8) is 0 Å². The summed E-state index contributed by atoms with van der Waals surface area (Å²) in [6, 6.07) is 0. The Balaban J connectivity index is -0.000000167. The Morgan fingerprint density at radius 1 is 1.07 bits per heavy atom. The van der Waals surface area contributed by atoms with Gasteiger partial charge in [0.25, 0.3) is 0 Å². The summed E-state index contributed by atoms with van der Waals surface area (Å²) in [5, 5.41) is 0. The van der Waals surface area contributed by atoms with Crippen LogP contribution in [0.2, 0.25) is 26.2 Å². The van der Waals surface area contributed by atoms with Crippen molar-refractivity contribution in [2.75, 3.05) is 0 Å². The van der Waals surface area contributed by atoms with Gasteiger partial charge in [-0.2, -0.15) is 0 Å². The van der Waals surface area contributed by atoms with E-state index in [1.54, 1.807) is 5.70 Å². The molecule has 0 unspecified atom stereocenters. The maximum absolute atomic E-state index is 5.90. The Bertz CT molecular complexity index is 150. The zero-order valence-electron chi connectivity index (χ0n) is 10.2. The van der Waals surface area contributed by atoms with E-state index in [0.29, 0.717) is 0 Å². The summed E-state index contributed by atoms with van der Waals surface area (Å²) in [6.45, 7) is 17.6. The molecular formula is C10H23OPtSi2-3. The van der Waals surface area contributed by atoms with E-state index in [0.717, 1.165) is 0 Å². The zero-order chi connectivity index (χ0) is 9.12. The van der Waals surface area contributed by atoms with Crippen molar-refractivity contribution in [1.29, 1.82) is 0 Å². The van der Waals surface area contributed by atoms with Gasteiger partial charge >= 0.3 is 0 Å². The molecule has 0 aromatic heterocycles. The smallest absolute Gasteiger partial charge is 0.198 e. The van der Waals surface area contributed by atoms with Crippen LogP contribution in [0.25, 0.3) is 0 Å². The van der Waals surface area contributed by atoms with Crippen LogP contribution in [0.5, 0.6) is 0 Å². The summed E-state index contributed by atoms with van der Waals surface area (Å²) in [7, 11) is -3.31. The summed E-state index contributed by atoms with van der Waals surface area (Å²) in [4.78, 5) is 0. The molecule has 0 spiro atoms. The first-order valence-electron chi connectivity index (χ1n) is 3.73. The predicted molar refractivity (Wildman–Crippen MR) is 67.9 cm³/mol. The second kappa shape index (κ2) is 8.84. The Kier molecular flexibility index (Phi) is 15.2. The van der Waals surface area contributed by atoms with E-state index in [4.69, 9.17) is 10.7 Å². The fourth-order valence-electron chi connectivity index (χ4n) is 0.754. The third kappa shape index (κ3) is 10.6. The molecule has 0 heterocycles. The van der Waals surface area contributed by atoms with Gasteiger partial charge in [0.15, 0.2) is 16.6 Å². The SMILES string of the molecule is [CH-]=C[Si](C)(C)O[Si](C)(C)C=C.[CH3-].[CH3-].[Pt]. The van der Waals surface area contributed by atoms with E-state index >= 15 is 0 Å². The fraction of sp³-hybridized carbons (Fsp3) is 0.400. The van der Waals surface area contributed by atoms with Crippen LogP contribution in [-0.2, 0) is 25.2 Å². The molecule has 0 aliphatic carbocycles. The van der Waals surface area contributed by atoms with Gasteiger partial charge in [-0.05, 0) is 26.2 Å². The molecule has 0 aliphatic heterocycles. The Labute approximate surface area is 107 Å². The van der Waals surface area contributed by atoms with E-state index in [2.05, 4.69) is 32.8 Å². The van der Waals surface area contributed by atoms with E-state index in [9.17, 15) is 0 Å². The molecule has 0 aromatic carbocycles. The molecule has 0 amide bonds. The van der Waals surface area contributed by atoms with Crippen LogP contribution in [0.1, 0.15) is 0 Å². The van der Waals surface area contributed by atoms with E-state index in [1.807, 2.05) is 5.70 Å². The van der Waals surface area contributed by atoms with Crippen molar-refractivity contribution in [3.8, 4) is 0 Å². The van der Waals surface area contributed by atoms with Gasteiger partial charge in [0.05, 0.1) is 0 Å². The normalized spacial score (nSPS) is 10.0. The van der Waals surface area contributed by atoms with Gasteiger partial charge < -0.3 is 25.5 Å². The molecule has 1 nitrogen and oxygen atoms in total. The minimum Gasteiger partial charge on any atom is -0.520 e. The molecule has 0 atom stereocenters. The summed E-state index contributed by atoms with van der Waals surface area (Å²) < 4.78 is 5.90. The molecule has 0 saturated heterocycles. The zero-order valence-corrected chi connectivity index (χ0v) is 14.4. The average molecular weight is 411 g/mol. The summed E-state index contributed by atoms with van der Waals surface area (Å²) in [5.74, 6) is 0. The Morgan fingerprint density at radius 3 is 1.64 bits per heavy atom. The second-order valence-electron chi connectivity index (χ2n) is 3.68. The van der Waals surface area contributed by atoms with Gasteiger partial charge in [0.2, 0.25) is 0 Å². The molecule has 0 aliphatic rings. The van der Waals surface area contributed by atoms with Crippen LogP contribution in [0.4, 0.5) is 0 Å². The molecule has 4 heteroatoms. The van der Waals surface area contributed by atoms with Gasteiger partial charge in [-0.1, -0.05) is 5.70 Å². The van der Waals surface area contributed by atoms with Gasteiger partial charge in [-0.15, -0.1) is 6.58 Å². The average Bonchev–Trinajstić information content (AvgIpc) is 1.86. The first-order chi connectivity index (χ1) is 4.83. The van der Waals surface area contributed by atoms with Crippen molar-refractivity contribution < 1.29 is 25.2 Å². The molecule has 14 heavy (non-hydrogen) atoms. The van der Waals surface area contributed by atoms with Gasteiger partial charge in [0, 0.05) is 21.1 Å². The van der Waals surface area contributed by atoms with Crippen LogP contribution < -0.4 is 0 Å². The monoisotopic (exact) mass is 410 g/mol. The molecule has 0 aromatic rings. The standard InChI is InChI=1S/C8H17OSi2.2CH3.Pt/c1-7-10(3,4)9-11(5,6)8-2;;;/h1,7-8H,2H2,3-6H3;2*1H3;/q3*-1;. The number of hydrogen-bond acceptors (Lipinski definition) is 1. The van der Waals surface area contributed by atoms with Crippen LogP contribution >= 0.6 is 0 Å². The quantitative estimate of drug-likeness (QED) is 0.509. The molecule has 0 rings (SSSR count). The van der Waals surface area contributed by atoms with Crippen molar-refractivity contribution in [1.82, 2.24) is 0 Å². The summed E-state index contributed by atoms with van der Waals surface area (Å²) in [5.41, 5.74) is 3.65. The Hall–Kier alpha value is 0.562.